The van der Waals surface area contributed by atoms with E-state index in [0.29, 0.717) is 5.69 Å². The molecule has 0 saturated carbocycles. The first-order chi connectivity index (χ1) is 10.0. The van der Waals surface area contributed by atoms with Crippen LogP contribution in [-0.2, 0) is 4.74 Å². The number of carbonyl (C=O) groups is 2. The Hall–Kier alpha value is -2.56. The number of nitrogens with zero attached hydrogens (tertiary/aromatic N) is 2. The lowest BCUT2D eigenvalue weighted by atomic mass is 10.1. The molecule has 0 aliphatic rings. The summed E-state index contributed by atoms with van der Waals surface area (Å²) in [6.07, 6.45) is 4.85. The third kappa shape index (κ3) is 3.13. The average molecular weight is 286 g/mol. The quantitative estimate of drug-likeness (QED) is 0.481. The molecule has 0 saturated heterocycles. The number of aromatic nitrogens is 1. The first kappa shape index (κ1) is 14.8. The molecule has 5 heteroatoms. The molecule has 0 aromatic carbocycles. The van der Waals surface area contributed by atoms with E-state index >= 15 is 0 Å². The van der Waals surface area contributed by atoms with Gasteiger partial charge in [-0.05, 0) is 25.1 Å². The number of hydrogen-bond acceptors (Lipinski definition) is 4. The Morgan fingerprint density at radius 3 is 2.76 bits per heavy atom. The van der Waals surface area contributed by atoms with Gasteiger partial charge in [0, 0.05) is 38.1 Å². The van der Waals surface area contributed by atoms with E-state index in [2.05, 4.69) is 0 Å². The molecule has 0 amide bonds. The minimum atomic E-state index is -0.484. The molecule has 0 N–H and O–H groups in total. The normalized spacial score (nSPS) is 11.0. The molecule has 0 aliphatic heterocycles. The van der Waals surface area contributed by atoms with E-state index < -0.39 is 5.97 Å². The third-order valence-electron chi connectivity index (χ3n) is 2.93. The molecule has 2 aromatic heterocycles. The van der Waals surface area contributed by atoms with Crippen LogP contribution in [0.15, 0.2) is 42.7 Å². The number of fused-ring (bicyclic) bond motifs is 1. The first-order valence-electron chi connectivity index (χ1n) is 6.70. The third-order valence-corrected chi connectivity index (χ3v) is 2.93. The maximum absolute atomic E-state index is 12.4. The molecule has 2 heterocycles. The number of rotatable bonds is 5. The van der Waals surface area contributed by atoms with Crippen LogP contribution >= 0.6 is 0 Å². The monoisotopic (exact) mass is 286 g/mol. The molecule has 0 bridgehead atoms. The second kappa shape index (κ2) is 6.26. The van der Waals surface area contributed by atoms with Crippen molar-refractivity contribution in [2.45, 2.75) is 6.92 Å². The Labute approximate surface area is 123 Å². The number of esters is 1. The molecule has 0 atom stereocenters. The average Bonchev–Trinajstić information content (AvgIpc) is 2.84. The summed E-state index contributed by atoms with van der Waals surface area (Å²) in [4.78, 5) is 26.2. The summed E-state index contributed by atoms with van der Waals surface area (Å²) in [5, 5.41) is 0. The van der Waals surface area contributed by atoms with Crippen molar-refractivity contribution in [2.75, 3.05) is 20.7 Å². The molecule has 0 radical (unpaired) electrons. The number of pyridine rings is 1. The fourth-order valence-corrected chi connectivity index (χ4v) is 2.04. The predicted molar refractivity (Wildman–Crippen MR) is 80.5 cm³/mol. The van der Waals surface area contributed by atoms with Gasteiger partial charge >= 0.3 is 5.97 Å². The number of ether oxygens (including phenoxy) is 1. The lowest BCUT2D eigenvalue weighted by Crippen LogP contribution is -2.12. The van der Waals surface area contributed by atoms with Crippen molar-refractivity contribution in [3.63, 3.8) is 0 Å². The highest BCUT2D eigenvalue weighted by Gasteiger charge is 2.21. The standard InChI is InChI=1S/C16H18N2O3/c1-4-21-16(20)13-11-12-7-5-6-9-18(12)15(13)14(19)8-10-17(2)3/h5-11H,4H2,1-3H3. The Balaban J connectivity index is 2.55. The summed E-state index contributed by atoms with van der Waals surface area (Å²) in [6, 6.07) is 7.19. The van der Waals surface area contributed by atoms with Crippen LogP contribution in [-0.4, -0.2) is 41.8 Å². The van der Waals surface area contributed by atoms with Crippen LogP contribution in [0.1, 0.15) is 27.8 Å². The minimum Gasteiger partial charge on any atom is -0.462 e. The molecule has 0 spiro atoms. The number of hydrogen-bond donors (Lipinski definition) is 0. The highest BCUT2D eigenvalue weighted by Crippen LogP contribution is 2.19. The first-order valence-corrected chi connectivity index (χ1v) is 6.70. The smallest absolute Gasteiger partial charge is 0.340 e. The molecule has 0 fully saturated rings. The van der Waals surface area contributed by atoms with Crippen molar-refractivity contribution in [2.24, 2.45) is 0 Å². The SMILES string of the molecule is CCOC(=O)c1cc2ccccn2c1C(=O)C=CN(C)C. The molecule has 2 aromatic rings. The van der Waals surface area contributed by atoms with Crippen LogP contribution in [0.5, 0.6) is 0 Å². The Morgan fingerprint density at radius 2 is 2.10 bits per heavy atom. The Bertz CT molecular complexity index is 699. The lowest BCUT2D eigenvalue weighted by molar-refractivity contribution is 0.0523. The molecule has 0 unspecified atom stereocenters. The zero-order valence-electron chi connectivity index (χ0n) is 12.4. The van der Waals surface area contributed by atoms with E-state index in [0.717, 1.165) is 5.52 Å². The zero-order valence-corrected chi connectivity index (χ0v) is 12.4. The van der Waals surface area contributed by atoms with E-state index in [1.807, 2.05) is 32.3 Å². The van der Waals surface area contributed by atoms with Crippen LogP contribution in [0.3, 0.4) is 0 Å². The van der Waals surface area contributed by atoms with Crippen molar-refractivity contribution < 1.29 is 14.3 Å². The van der Waals surface area contributed by atoms with Gasteiger partial charge in [0.1, 0.15) is 5.69 Å². The fraction of sp³-hybridized carbons (Fsp3) is 0.250. The molecule has 0 aliphatic carbocycles. The summed E-state index contributed by atoms with van der Waals surface area (Å²) < 4.78 is 6.74. The fourth-order valence-electron chi connectivity index (χ4n) is 2.04. The van der Waals surface area contributed by atoms with Crippen molar-refractivity contribution in [3.05, 3.63) is 54.0 Å². The van der Waals surface area contributed by atoms with E-state index in [9.17, 15) is 9.59 Å². The van der Waals surface area contributed by atoms with Gasteiger partial charge in [-0.1, -0.05) is 6.07 Å². The van der Waals surface area contributed by atoms with Crippen LogP contribution in [0.4, 0.5) is 0 Å². The van der Waals surface area contributed by atoms with Gasteiger partial charge in [0.05, 0.1) is 12.2 Å². The van der Waals surface area contributed by atoms with Crippen LogP contribution in [0.2, 0.25) is 0 Å². The molecule has 5 nitrogen and oxygen atoms in total. The zero-order chi connectivity index (χ0) is 15.4. The van der Waals surface area contributed by atoms with Crippen molar-refractivity contribution in [1.82, 2.24) is 9.30 Å². The minimum absolute atomic E-state index is 0.238. The van der Waals surface area contributed by atoms with Gasteiger partial charge in [-0.15, -0.1) is 0 Å². The lowest BCUT2D eigenvalue weighted by Gasteiger charge is -2.05. The topological polar surface area (TPSA) is 51.0 Å². The number of ketones is 1. The van der Waals surface area contributed by atoms with Gasteiger partial charge in [-0.3, -0.25) is 4.79 Å². The summed E-state index contributed by atoms with van der Waals surface area (Å²) in [6.45, 7) is 2.01. The molecular weight excluding hydrogens is 268 g/mol. The maximum atomic E-state index is 12.4. The largest absolute Gasteiger partial charge is 0.462 e. The van der Waals surface area contributed by atoms with Gasteiger partial charge in [-0.25, -0.2) is 4.79 Å². The second-order valence-electron chi connectivity index (χ2n) is 4.77. The highest BCUT2D eigenvalue weighted by molar-refractivity contribution is 6.11. The highest BCUT2D eigenvalue weighted by atomic mass is 16.5. The van der Waals surface area contributed by atoms with Crippen LogP contribution in [0, 0.1) is 0 Å². The van der Waals surface area contributed by atoms with E-state index in [1.54, 1.807) is 34.7 Å². The van der Waals surface area contributed by atoms with Gasteiger partial charge in [0.15, 0.2) is 0 Å². The number of allylic oxidation sites excluding steroid dienone is 1. The Kier molecular flexibility index (Phi) is 4.42. The van der Waals surface area contributed by atoms with Gasteiger partial charge in [0.2, 0.25) is 5.78 Å². The van der Waals surface area contributed by atoms with Crippen molar-refractivity contribution in [3.8, 4) is 0 Å². The van der Waals surface area contributed by atoms with Crippen LogP contribution < -0.4 is 0 Å². The predicted octanol–water partition coefficient (Wildman–Crippen LogP) is 2.37. The van der Waals surface area contributed by atoms with Crippen LogP contribution in [0.25, 0.3) is 5.52 Å². The van der Waals surface area contributed by atoms with Crippen molar-refractivity contribution in [1.29, 1.82) is 0 Å². The van der Waals surface area contributed by atoms with Gasteiger partial charge < -0.3 is 14.0 Å². The molecular formula is C16H18N2O3. The van der Waals surface area contributed by atoms with Gasteiger partial charge in [0.25, 0.3) is 0 Å². The summed E-state index contributed by atoms with van der Waals surface area (Å²) in [5.41, 5.74) is 1.39. The summed E-state index contributed by atoms with van der Waals surface area (Å²) in [5.74, 6) is -0.722. The van der Waals surface area contributed by atoms with E-state index in [1.165, 1.54) is 6.08 Å². The van der Waals surface area contributed by atoms with E-state index in [-0.39, 0.29) is 18.0 Å². The summed E-state index contributed by atoms with van der Waals surface area (Å²) in [7, 11) is 3.65. The Morgan fingerprint density at radius 1 is 1.33 bits per heavy atom. The molecule has 110 valence electrons. The maximum Gasteiger partial charge on any atom is 0.340 e. The molecule has 21 heavy (non-hydrogen) atoms. The molecule has 2 rings (SSSR count). The van der Waals surface area contributed by atoms with E-state index in [4.69, 9.17) is 4.74 Å². The van der Waals surface area contributed by atoms with Gasteiger partial charge in [-0.2, -0.15) is 0 Å². The second-order valence-corrected chi connectivity index (χ2v) is 4.77. The van der Waals surface area contributed by atoms with Crippen molar-refractivity contribution >= 4 is 17.3 Å². The summed E-state index contributed by atoms with van der Waals surface area (Å²) >= 11 is 0. The number of carbonyl (C=O) groups excluding carboxylic acids is 2.